The predicted molar refractivity (Wildman–Crippen MR) is 558 cm³/mol. The van der Waals surface area contributed by atoms with Gasteiger partial charge in [-0.1, -0.05) is 60.7 Å². The van der Waals surface area contributed by atoms with E-state index in [0.717, 1.165) is 112 Å². The maximum atomic E-state index is 14.8. The Balaban J connectivity index is 0.000000146. The first-order chi connectivity index (χ1) is 67.1. The molecule has 31 nitrogen and oxygen atoms in total. The largest absolute Gasteiger partial charge is 0.516 e. The van der Waals surface area contributed by atoms with E-state index in [9.17, 15) is 47.1 Å². The van der Waals surface area contributed by atoms with Crippen LogP contribution in [0.25, 0.3) is 11.4 Å². The van der Waals surface area contributed by atoms with Crippen LogP contribution < -0.4 is 38.2 Å². The van der Waals surface area contributed by atoms with E-state index in [2.05, 4.69) is 82.5 Å². The van der Waals surface area contributed by atoms with Gasteiger partial charge in [0.25, 0.3) is 28.5 Å². The van der Waals surface area contributed by atoms with Gasteiger partial charge in [-0.15, -0.1) is 22.7 Å². The van der Waals surface area contributed by atoms with E-state index in [1.807, 2.05) is 217 Å². The van der Waals surface area contributed by atoms with Gasteiger partial charge >= 0.3 is 21.1 Å². The second kappa shape index (κ2) is 44.4. The van der Waals surface area contributed by atoms with Gasteiger partial charge in [0.1, 0.15) is 44.4 Å². The van der Waals surface area contributed by atoms with Crippen molar-refractivity contribution in [1.82, 2.24) is 68.0 Å². The van der Waals surface area contributed by atoms with Crippen LogP contribution >= 0.6 is 54.5 Å². The molecule has 6 aliphatic heterocycles. The van der Waals surface area contributed by atoms with Crippen molar-refractivity contribution in [2.45, 2.75) is 220 Å². The van der Waals surface area contributed by atoms with Crippen LogP contribution in [-0.4, -0.2) is 232 Å². The summed E-state index contributed by atoms with van der Waals surface area (Å²) in [5.74, 6) is -1.75. The van der Waals surface area contributed by atoms with E-state index in [4.69, 9.17) is 27.9 Å². The summed E-state index contributed by atoms with van der Waals surface area (Å²) >= 11 is 9.44. The SMILES string of the molecule is CC1(C)OB(B2OC(C)(C)C(C)(C)O2)OC1(C)C.CCN1CCN(C)C(c2ccc(Cc3nc(B4OC(C)(C)C(C)(C)O4)cn(C)c3=O)cc2)C1=O.CCN1CCN(C)C(c2ccc(Cc3nc(Br)cn(C)c3=O)cc2)C1=O.CCN1CCN(C)C(c2ccc(Nc3nc(-c4ccc(F)c(NC(=O)c5cc6c(s5)CCCC6)n4)cn(C)c3=O)cc2)C1=O.O=C(Nc1nc(Br)ccc1F)c1cc2c(s1)CCCC2. The fourth-order valence-corrected chi connectivity index (χ4v) is 21.0. The molecule has 18 rings (SSSR count). The van der Waals surface area contributed by atoms with Gasteiger partial charge in [0.05, 0.1) is 54.6 Å². The molecule has 3 unspecified atom stereocenters. The maximum absolute atomic E-state index is 14.8. The lowest BCUT2D eigenvalue weighted by molar-refractivity contribution is -0.141. The number of carbonyl (C=O) groups is 5. The molecule has 2 aliphatic carbocycles. The molecule has 754 valence electrons. The lowest BCUT2D eigenvalue weighted by atomic mass is 9.49. The van der Waals surface area contributed by atoms with Gasteiger partial charge in [0, 0.05) is 127 Å². The molecule has 6 saturated heterocycles. The molecule has 142 heavy (non-hydrogen) atoms. The molecule has 6 fully saturated rings. The summed E-state index contributed by atoms with van der Waals surface area (Å²) in [6, 6.07) is 31.6. The number of amides is 5. The first-order valence-corrected chi connectivity index (χ1v) is 51.6. The number of rotatable bonds is 19. The molecular weight excluding hydrogens is 1980 g/mol. The Morgan fingerprint density at radius 2 is 0.782 bits per heavy atom. The highest BCUT2D eigenvalue weighted by atomic mass is 79.9. The number of carbonyl (C=O) groups excluding carboxylic acids is 5. The van der Waals surface area contributed by atoms with Crippen molar-refractivity contribution in [1.29, 1.82) is 0 Å². The Bertz CT molecular complexity index is 6380. The van der Waals surface area contributed by atoms with Crippen molar-refractivity contribution in [3.05, 3.63) is 250 Å². The summed E-state index contributed by atoms with van der Waals surface area (Å²) in [5.41, 5.74) is 6.93. The van der Waals surface area contributed by atoms with Gasteiger partial charge in [-0.2, -0.15) is 0 Å². The van der Waals surface area contributed by atoms with Gasteiger partial charge < -0.3 is 72.3 Å². The number of anilines is 4. The lowest BCUT2D eigenvalue weighted by Crippen LogP contribution is -2.50. The van der Waals surface area contributed by atoms with Gasteiger partial charge in [0.2, 0.25) is 17.7 Å². The maximum Gasteiger partial charge on any atom is 0.516 e. The van der Waals surface area contributed by atoms with Crippen molar-refractivity contribution in [3.63, 3.8) is 0 Å². The van der Waals surface area contributed by atoms with Crippen LogP contribution in [0.1, 0.15) is 227 Å². The minimum atomic E-state index is -0.671. The molecule has 3 aromatic carbocycles. The average Bonchev–Trinajstić information content (AvgIpc) is 1.60. The Labute approximate surface area is 854 Å². The van der Waals surface area contributed by atoms with Crippen molar-refractivity contribution in [2.24, 2.45) is 21.1 Å². The fraction of sp³-hybridized carbons (Fsp3) is 0.480. The number of fused-ring (bicyclic) bond motifs is 2. The van der Waals surface area contributed by atoms with Gasteiger partial charge in [-0.25, -0.2) is 28.7 Å². The topological polar surface area (TPSA) is 327 Å². The van der Waals surface area contributed by atoms with E-state index in [1.165, 1.54) is 101 Å². The van der Waals surface area contributed by atoms with Crippen molar-refractivity contribution < 1.29 is 60.7 Å². The minimum Gasteiger partial charge on any atom is -0.405 e. The van der Waals surface area contributed by atoms with Crippen molar-refractivity contribution in [3.8, 4) is 11.4 Å². The summed E-state index contributed by atoms with van der Waals surface area (Å²) in [6.07, 6.45) is 14.2. The fourth-order valence-electron chi connectivity index (χ4n) is 17.8. The van der Waals surface area contributed by atoms with Crippen molar-refractivity contribution >= 4 is 134 Å². The van der Waals surface area contributed by atoms with Crippen LogP contribution in [0.15, 0.2) is 151 Å². The number of hydrogen-bond acceptors (Lipinski definition) is 25. The summed E-state index contributed by atoms with van der Waals surface area (Å²) in [4.78, 5) is 139. The van der Waals surface area contributed by atoms with E-state index in [0.29, 0.717) is 78.9 Å². The summed E-state index contributed by atoms with van der Waals surface area (Å²) in [5, 5.41) is 8.22. The van der Waals surface area contributed by atoms with Crippen molar-refractivity contribution in [2.75, 3.05) is 96.0 Å². The van der Waals surface area contributed by atoms with E-state index in [-0.39, 0.29) is 98.3 Å². The Kier molecular flexibility index (Phi) is 33.6. The zero-order valence-electron chi connectivity index (χ0n) is 84.8. The van der Waals surface area contributed by atoms with E-state index >= 15 is 0 Å². The highest BCUT2D eigenvalue weighted by Crippen LogP contribution is 2.45. The lowest BCUT2D eigenvalue weighted by Gasteiger charge is -2.38. The zero-order chi connectivity index (χ0) is 103. The third-order valence-electron chi connectivity index (χ3n) is 28.5. The molecule has 0 bridgehead atoms. The van der Waals surface area contributed by atoms with Crippen LogP contribution in [0.2, 0.25) is 0 Å². The number of benzene rings is 3. The van der Waals surface area contributed by atoms with Crippen LogP contribution in [0.3, 0.4) is 0 Å². The van der Waals surface area contributed by atoms with Crippen LogP contribution in [0.5, 0.6) is 0 Å². The Morgan fingerprint density at radius 1 is 0.415 bits per heavy atom. The third-order valence-corrected chi connectivity index (χ3v) is 31.8. The number of halogens is 4. The molecule has 5 amide bonds. The van der Waals surface area contributed by atoms with E-state index in [1.54, 1.807) is 45.7 Å². The van der Waals surface area contributed by atoms with Gasteiger partial charge in [-0.3, -0.25) is 58.0 Å². The smallest absolute Gasteiger partial charge is 0.405 e. The molecule has 0 radical (unpaired) electrons. The number of likely N-dealkylation sites (N-methyl/N-ethyl adjacent to an activating group) is 6. The normalized spacial score (nSPS) is 20.0. The molecular formula is C102H128B3Br2F2N17O14S2. The number of hydrogen-bond donors (Lipinski definition) is 3. The third kappa shape index (κ3) is 24.3. The molecule has 0 spiro atoms. The minimum absolute atomic E-state index is 0.0456. The second-order valence-electron chi connectivity index (χ2n) is 40.1. The van der Waals surface area contributed by atoms with E-state index < -0.39 is 49.9 Å². The number of nitrogens with zero attached hydrogens (tertiary/aromatic N) is 14. The molecule has 8 aliphatic rings. The number of nitrogens with one attached hydrogen (secondary N) is 3. The van der Waals surface area contributed by atoms with Gasteiger partial charge in [0.15, 0.2) is 29.1 Å². The Hall–Kier alpha value is -10.2. The number of aromatic nitrogens is 8. The zero-order valence-corrected chi connectivity index (χ0v) is 89.6. The van der Waals surface area contributed by atoms with Crippen LogP contribution in [-0.2, 0) is 102 Å². The summed E-state index contributed by atoms with van der Waals surface area (Å²) in [7, 11) is 9.35. The molecule has 7 aromatic heterocycles. The number of thiophene rings is 2. The highest BCUT2D eigenvalue weighted by molar-refractivity contribution is 9.10. The molecule has 13 heterocycles. The Morgan fingerprint density at radius 3 is 1.20 bits per heavy atom. The van der Waals surface area contributed by atoms with Crippen LogP contribution in [0.4, 0.5) is 31.9 Å². The standard InChI is InChI=1S/C32H34FN7O3S.C25H35BN4O4.C19H23BrN4O2.C14H12BrFN2OS.C12H24B2O4/c1-4-40-16-15-38(2)27(31(40)42)19-9-11-21(12-10-19)34-29-32(43)39(3)18-24(36-29)23-14-13-22(33)28(35-23)37-30(41)26-17-20-7-5-6-8-25(20)44-26;1-8-30-14-13-28(6)21(23(30)32)18-11-9-17(10-12-18)15-19-22(31)29(7)16-20(27-19)26-33-24(2,3)25(4,5)34-26;1-4-24-10-9-22(2)17(19(24)26)14-7-5-13(6-8-14)11-15-18(25)23(3)12-16(20)21-15;15-12-6-5-9(16)13(17-12)18-14(19)11-7-8-3-1-2-4-10(8)20-11;1-9(2)10(3,4)16-13(15-9)14-17-11(5,6)12(7,8)18-14/h9-14,17-18,27H,4-8,15-16H2,1-3H3,(H,34,36)(H,35,37,41);9-12,16,21H,8,13-15H2,1-7H3;5-8,12,17H,4,9-11H2,1-3H3;5-7H,1-4H2,(H,17,18,19);1-8H3. The van der Waals surface area contributed by atoms with Crippen LogP contribution in [0, 0.1) is 11.6 Å². The number of aryl methyl sites for hydroxylation is 7. The number of pyridine rings is 2. The second-order valence-corrected chi connectivity index (χ2v) is 44.0. The molecule has 3 N–H and O–H groups in total. The summed E-state index contributed by atoms with van der Waals surface area (Å²) < 4.78 is 70.0. The average molecular weight is 2110 g/mol. The first kappa shape index (κ1) is 108. The first-order valence-electron chi connectivity index (χ1n) is 48.4. The predicted octanol–water partition coefficient (Wildman–Crippen LogP) is 14.7. The molecule has 40 heteroatoms. The highest BCUT2D eigenvalue weighted by Gasteiger charge is 2.64. The summed E-state index contributed by atoms with van der Waals surface area (Å²) in [6.45, 7) is 37.0. The molecule has 10 aromatic rings. The molecule has 0 saturated carbocycles. The number of piperazine rings is 3. The quantitative estimate of drug-likeness (QED) is 0.0500. The molecule has 3 atom stereocenters. The monoisotopic (exact) mass is 2110 g/mol. The van der Waals surface area contributed by atoms with Gasteiger partial charge in [-0.05, 0) is 296 Å².